The van der Waals surface area contributed by atoms with E-state index in [2.05, 4.69) is 10.3 Å². The van der Waals surface area contributed by atoms with E-state index in [1.807, 2.05) is 54.8 Å². The van der Waals surface area contributed by atoms with Gasteiger partial charge in [0.1, 0.15) is 0 Å². The van der Waals surface area contributed by atoms with Gasteiger partial charge in [-0.15, -0.1) is 11.3 Å². The zero-order chi connectivity index (χ0) is 14.8. The van der Waals surface area contributed by atoms with Crippen molar-refractivity contribution in [1.82, 2.24) is 4.98 Å². The van der Waals surface area contributed by atoms with Crippen LogP contribution in [0.15, 0.2) is 47.8 Å². The number of nitrogens with one attached hydrogen (secondary N) is 1. The number of aromatic nitrogens is 1. The Balaban J connectivity index is 1.82. The van der Waals surface area contributed by atoms with Gasteiger partial charge in [-0.3, -0.25) is 0 Å². The molecule has 0 saturated heterocycles. The molecule has 0 aliphatic carbocycles. The highest BCUT2D eigenvalue weighted by atomic mass is 35.5. The molecule has 0 aliphatic heterocycles. The van der Waals surface area contributed by atoms with Crippen molar-refractivity contribution in [2.24, 2.45) is 0 Å². The third kappa shape index (κ3) is 3.38. The van der Waals surface area contributed by atoms with Gasteiger partial charge in [-0.2, -0.15) is 0 Å². The molecule has 21 heavy (non-hydrogen) atoms. The monoisotopic (exact) mass is 334 g/mol. The largest absolute Gasteiger partial charge is 0.332 e. The van der Waals surface area contributed by atoms with E-state index in [1.165, 1.54) is 0 Å². The van der Waals surface area contributed by atoms with Crippen LogP contribution in [0.25, 0.3) is 11.3 Å². The average Bonchev–Trinajstić information content (AvgIpc) is 2.93. The highest BCUT2D eigenvalue weighted by molar-refractivity contribution is 7.14. The molecule has 2 nitrogen and oxygen atoms in total. The lowest BCUT2D eigenvalue weighted by Gasteiger charge is -2.03. The topological polar surface area (TPSA) is 24.9 Å². The second-order valence-corrected chi connectivity index (χ2v) is 6.34. The van der Waals surface area contributed by atoms with Gasteiger partial charge in [-0.25, -0.2) is 4.98 Å². The van der Waals surface area contributed by atoms with E-state index in [0.717, 1.165) is 37.7 Å². The maximum absolute atomic E-state index is 6.05. The Morgan fingerprint density at radius 3 is 2.52 bits per heavy atom. The predicted molar refractivity (Wildman–Crippen MR) is 92.0 cm³/mol. The zero-order valence-electron chi connectivity index (χ0n) is 11.2. The van der Waals surface area contributed by atoms with Gasteiger partial charge in [-0.1, -0.05) is 29.3 Å². The lowest BCUT2D eigenvalue weighted by Crippen LogP contribution is -1.89. The van der Waals surface area contributed by atoms with E-state index in [1.54, 1.807) is 11.3 Å². The molecule has 2 aromatic carbocycles. The van der Waals surface area contributed by atoms with Crippen LogP contribution in [0.1, 0.15) is 5.56 Å². The zero-order valence-corrected chi connectivity index (χ0v) is 13.6. The van der Waals surface area contributed by atoms with E-state index in [9.17, 15) is 0 Å². The number of thiazole rings is 1. The van der Waals surface area contributed by atoms with Crippen molar-refractivity contribution in [3.8, 4) is 11.3 Å². The maximum Gasteiger partial charge on any atom is 0.187 e. The van der Waals surface area contributed by atoms with Crippen LogP contribution in [0.3, 0.4) is 0 Å². The molecule has 0 radical (unpaired) electrons. The molecule has 0 amide bonds. The molecular weight excluding hydrogens is 323 g/mol. The molecule has 3 aromatic rings. The van der Waals surface area contributed by atoms with Gasteiger partial charge in [0.15, 0.2) is 5.13 Å². The molecule has 1 heterocycles. The van der Waals surface area contributed by atoms with E-state index < -0.39 is 0 Å². The van der Waals surface area contributed by atoms with Crippen LogP contribution >= 0.6 is 34.5 Å². The van der Waals surface area contributed by atoms with Crippen molar-refractivity contribution in [3.63, 3.8) is 0 Å². The molecule has 0 saturated carbocycles. The molecular formula is C16H12Cl2N2S. The molecule has 0 unspecified atom stereocenters. The normalized spacial score (nSPS) is 10.6. The molecule has 0 aliphatic rings. The number of halogens is 2. The Morgan fingerprint density at radius 1 is 1.05 bits per heavy atom. The fraction of sp³-hybridized carbons (Fsp3) is 0.0625. The quantitative estimate of drug-likeness (QED) is 0.619. The van der Waals surface area contributed by atoms with Crippen molar-refractivity contribution >= 4 is 45.4 Å². The number of aryl methyl sites for hydroxylation is 1. The smallest absolute Gasteiger partial charge is 0.187 e. The first-order chi connectivity index (χ1) is 10.1. The summed E-state index contributed by atoms with van der Waals surface area (Å²) in [7, 11) is 0. The summed E-state index contributed by atoms with van der Waals surface area (Å²) in [6, 6.07) is 13.5. The summed E-state index contributed by atoms with van der Waals surface area (Å²) in [4.78, 5) is 4.60. The number of rotatable bonds is 3. The molecule has 5 heteroatoms. The number of hydrogen-bond acceptors (Lipinski definition) is 3. The minimum absolute atomic E-state index is 0.719. The second-order valence-electron chi connectivity index (χ2n) is 4.63. The van der Waals surface area contributed by atoms with E-state index in [-0.39, 0.29) is 0 Å². The van der Waals surface area contributed by atoms with Crippen LogP contribution < -0.4 is 5.32 Å². The van der Waals surface area contributed by atoms with Crippen LogP contribution in [-0.4, -0.2) is 4.98 Å². The van der Waals surface area contributed by atoms with Crippen LogP contribution in [0.5, 0.6) is 0 Å². The number of anilines is 2. The van der Waals surface area contributed by atoms with Crippen LogP contribution in [0.4, 0.5) is 10.8 Å². The lowest BCUT2D eigenvalue weighted by molar-refractivity contribution is 1.37. The third-order valence-corrected chi connectivity index (χ3v) is 4.49. The number of hydrogen-bond donors (Lipinski definition) is 1. The molecule has 1 N–H and O–H groups in total. The Labute approximate surface area is 137 Å². The molecule has 0 bridgehead atoms. The highest BCUT2D eigenvalue weighted by Gasteiger charge is 2.06. The maximum atomic E-state index is 6.05. The minimum Gasteiger partial charge on any atom is -0.332 e. The summed E-state index contributed by atoms with van der Waals surface area (Å²) in [5.41, 5.74) is 4.02. The summed E-state index contributed by atoms with van der Waals surface area (Å²) >= 11 is 13.5. The first-order valence-electron chi connectivity index (χ1n) is 6.36. The fourth-order valence-electron chi connectivity index (χ4n) is 1.92. The molecule has 0 fully saturated rings. The molecule has 0 atom stereocenters. The van der Waals surface area contributed by atoms with Gasteiger partial charge in [0.2, 0.25) is 0 Å². The standard InChI is InChI=1S/C16H12Cl2N2S/c1-10-8-11(2-7-14(10)18)15-9-21-16(20-15)19-13-5-3-12(17)4-6-13/h2-9H,1H3,(H,19,20). The molecule has 1 aromatic heterocycles. The van der Waals surface area contributed by atoms with Gasteiger partial charge >= 0.3 is 0 Å². The highest BCUT2D eigenvalue weighted by Crippen LogP contribution is 2.29. The van der Waals surface area contributed by atoms with Gasteiger partial charge < -0.3 is 5.32 Å². The van der Waals surface area contributed by atoms with Crippen molar-refractivity contribution in [1.29, 1.82) is 0 Å². The molecule has 0 spiro atoms. The first kappa shape index (κ1) is 14.4. The lowest BCUT2D eigenvalue weighted by atomic mass is 10.1. The summed E-state index contributed by atoms with van der Waals surface area (Å²) in [6.45, 7) is 1.99. The van der Waals surface area contributed by atoms with Gasteiger partial charge in [0.05, 0.1) is 5.69 Å². The van der Waals surface area contributed by atoms with Crippen molar-refractivity contribution in [2.75, 3.05) is 5.32 Å². The van der Waals surface area contributed by atoms with E-state index in [0.29, 0.717) is 0 Å². The number of nitrogens with zero attached hydrogens (tertiary/aromatic N) is 1. The Hall–Kier alpha value is -1.55. The average molecular weight is 335 g/mol. The number of benzene rings is 2. The first-order valence-corrected chi connectivity index (χ1v) is 8.00. The third-order valence-electron chi connectivity index (χ3n) is 3.05. The minimum atomic E-state index is 0.719. The SMILES string of the molecule is Cc1cc(-c2csc(Nc3ccc(Cl)cc3)n2)ccc1Cl. The van der Waals surface area contributed by atoms with Gasteiger partial charge in [0, 0.05) is 26.7 Å². The predicted octanol–water partition coefficient (Wildman–Crippen LogP) is 6.17. The Bertz CT molecular complexity index is 766. The second kappa shape index (κ2) is 6.06. The van der Waals surface area contributed by atoms with Crippen molar-refractivity contribution < 1.29 is 0 Å². The van der Waals surface area contributed by atoms with E-state index >= 15 is 0 Å². The van der Waals surface area contributed by atoms with Crippen LogP contribution in [0.2, 0.25) is 10.0 Å². The van der Waals surface area contributed by atoms with Gasteiger partial charge in [0.25, 0.3) is 0 Å². The molecule has 3 rings (SSSR count). The Kier molecular flexibility index (Phi) is 4.15. The summed E-state index contributed by atoms with van der Waals surface area (Å²) in [6.07, 6.45) is 0. The van der Waals surface area contributed by atoms with Crippen LogP contribution in [0, 0.1) is 6.92 Å². The molecule has 106 valence electrons. The Morgan fingerprint density at radius 2 is 1.81 bits per heavy atom. The fourth-order valence-corrected chi connectivity index (χ4v) is 2.91. The van der Waals surface area contributed by atoms with Crippen molar-refractivity contribution in [2.45, 2.75) is 6.92 Å². The van der Waals surface area contributed by atoms with Crippen LogP contribution in [-0.2, 0) is 0 Å². The van der Waals surface area contributed by atoms with Gasteiger partial charge in [-0.05, 0) is 48.9 Å². The summed E-state index contributed by atoms with van der Waals surface area (Å²) in [5, 5.41) is 7.64. The summed E-state index contributed by atoms with van der Waals surface area (Å²) in [5.74, 6) is 0. The summed E-state index contributed by atoms with van der Waals surface area (Å²) < 4.78 is 0. The van der Waals surface area contributed by atoms with E-state index in [4.69, 9.17) is 23.2 Å². The van der Waals surface area contributed by atoms with Crippen molar-refractivity contribution in [3.05, 3.63) is 63.5 Å².